The normalized spacial score (nSPS) is 10.8. The maximum atomic E-state index is 12.4. The van der Waals surface area contributed by atoms with Crippen LogP contribution in [0, 0.1) is 5.41 Å². The molecule has 0 aromatic heterocycles. The first-order chi connectivity index (χ1) is 12.8. The standard InChI is InChI=1S/C21H33N3O3/c1-4-7-10-13-16(19(22)23)14(11-8-5-2)18(21(26)27)15(12-9-6-3)17(13)20(24)25/h4-12H2,1-3H3,(H3,22,23)(H2,24,25)(H,26,27). The van der Waals surface area contributed by atoms with Gasteiger partial charge in [0.05, 0.1) is 5.56 Å². The van der Waals surface area contributed by atoms with Crippen molar-refractivity contribution in [1.82, 2.24) is 0 Å². The minimum absolute atomic E-state index is 0.121. The number of unbranched alkanes of at least 4 members (excludes halogenated alkanes) is 3. The van der Waals surface area contributed by atoms with E-state index in [-0.39, 0.29) is 17.0 Å². The van der Waals surface area contributed by atoms with Crippen LogP contribution in [0.5, 0.6) is 0 Å². The fourth-order valence-electron chi connectivity index (χ4n) is 3.61. The predicted molar refractivity (Wildman–Crippen MR) is 109 cm³/mol. The Kier molecular flexibility index (Phi) is 8.98. The van der Waals surface area contributed by atoms with Crippen molar-refractivity contribution in [3.05, 3.63) is 33.4 Å². The molecule has 1 amide bonds. The topological polar surface area (TPSA) is 130 Å². The number of hydrogen-bond acceptors (Lipinski definition) is 3. The van der Waals surface area contributed by atoms with Crippen LogP contribution in [0.1, 0.15) is 102 Å². The molecule has 1 rings (SSSR count). The second-order valence-corrected chi connectivity index (χ2v) is 6.95. The molecule has 1 aromatic carbocycles. The average Bonchev–Trinajstić information content (AvgIpc) is 2.60. The van der Waals surface area contributed by atoms with Crippen molar-refractivity contribution in [3.8, 4) is 0 Å². The molecular weight excluding hydrogens is 342 g/mol. The van der Waals surface area contributed by atoms with Crippen molar-refractivity contribution >= 4 is 17.7 Å². The number of amides is 1. The SMILES string of the molecule is CCCCc1c(C(=N)N)c(CCCC)c(C(=O)O)c(CCCC)c1C(N)=O. The molecule has 0 atom stereocenters. The summed E-state index contributed by atoms with van der Waals surface area (Å²) in [5.74, 6) is -1.92. The van der Waals surface area contributed by atoms with E-state index in [4.69, 9.17) is 16.9 Å². The fraction of sp³-hybridized carbons (Fsp3) is 0.571. The highest BCUT2D eigenvalue weighted by molar-refractivity contribution is 6.08. The van der Waals surface area contributed by atoms with E-state index in [1.54, 1.807) is 0 Å². The maximum Gasteiger partial charge on any atom is 0.336 e. The van der Waals surface area contributed by atoms with Crippen molar-refractivity contribution in [2.24, 2.45) is 11.5 Å². The summed E-state index contributed by atoms with van der Waals surface area (Å²) in [5, 5.41) is 18.1. The number of carboxylic acid groups (broad SMARTS) is 1. The van der Waals surface area contributed by atoms with Crippen LogP contribution < -0.4 is 11.5 Å². The molecule has 27 heavy (non-hydrogen) atoms. The Labute approximate surface area is 161 Å². The zero-order valence-electron chi connectivity index (χ0n) is 16.8. The third kappa shape index (κ3) is 5.31. The van der Waals surface area contributed by atoms with Crippen LogP contribution in [0.15, 0.2) is 0 Å². The molecule has 0 aliphatic carbocycles. The summed E-state index contributed by atoms with van der Waals surface area (Å²) in [6.45, 7) is 6.09. The lowest BCUT2D eigenvalue weighted by atomic mass is 9.80. The van der Waals surface area contributed by atoms with Crippen LogP contribution in [0.25, 0.3) is 0 Å². The lowest BCUT2D eigenvalue weighted by Crippen LogP contribution is -2.27. The van der Waals surface area contributed by atoms with Gasteiger partial charge in [-0.1, -0.05) is 40.0 Å². The first kappa shape index (κ1) is 22.7. The van der Waals surface area contributed by atoms with Gasteiger partial charge in [-0.15, -0.1) is 0 Å². The lowest BCUT2D eigenvalue weighted by molar-refractivity contribution is 0.0694. The Balaban J connectivity index is 3.99. The van der Waals surface area contributed by atoms with E-state index in [0.717, 1.165) is 38.5 Å². The molecule has 0 aliphatic rings. The van der Waals surface area contributed by atoms with Gasteiger partial charge in [0.25, 0.3) is 0 Å². The number of nitrogens with two attached hydrogens (primary N) is 2. The van der Waals surface area contributed by atoms with Crippen molar-refractivity contribution in [1.29, 1.82) is 5.41 Å². The number of aromatic carboxylic acids is 1. The minimum atomic E-state index is -1.08. The summed E-state index contributed by atoms with van der Waals surface area (Å²) in [6.07, 6.45) is 6.59. The lowest BCUT2D eigenvalue weighted by Gasteiger charge is -2.24. The highest BCUT2D eigenvalue weighted by atomic mass is 16.4. The Bertz CT molecular complexity index is 595. The van der Waals surface area contributed by atoms with E-state index in [2.05, 4.69) is 0 Å². The zero-order chi connectivity index (χ0) is 20.6. The highest BCUT2D eigenvalue weighted by Crippen LogP contribution is 2.32. The largest absolute Gasteiger partial charge is 0.478 e. The molecule has 150 valence electrons. The van der Waals surface area contributed by atoms with Crippen LogP contribution in [0.4, 0.5) is 0 Å². The average molecular weight is 376 g/mol. The number of carbonyl (C=O) groups is 2. The number of amidine groups is 1. The number of nitrogens with one attached hydrogen (secondary N) is 1. The molecule has 6 nitrogen and oxygen atoms in total. The Morgan fingerprint density at radius 2 is 1.15 bits per heavy atom. The molecule has 6 heteroatoms. The number of benzene rings is 1. The van der Waals surface area contributed by atoms with Gasteiger partial charge in [-0.05, 0) is 55.2 Å². The van der Waals surface area contributed by atoms with Crippen molar-refractivity contribution in [2.75, 3.05) is 0 Å². The van der Waals surface area contributed by atoms with Crippen LogP contribution in [0.3, 0.4) is 0 Å². The van der Waals surface area contributed by atoms with Crippen LogP contribution >= 0.6 is 0 Å². The van der Waals surface area contributed by atoms with Crippen LogP contribution in [-0.4, -0.2) is 22.8 Å². The van der Waals surface area contributed by atoms with Crippen LogP contribution in [0.2, 0.25) is 0 Å². The second kappa shape index (κ2) is 10.7. The zero-order valence-corrected chi connectivity index (χ0v) is 16.8. The predicted octanol–water partition coefficient (Wildman–Crippen LogP) is 3.80. The quantitative estimate of drug-likeness (QED) is 0.327. The van der Waals surface area contributed by atoms with E-state index >= 15 is 0 Å². The van der Waals surface area contributed by atoms with Gasteiger partial charge in [0.1, 0.15) is 5.84 Å². The molecule has 0 unspecified atom stereocenters. The minimum Gasteiger partial charge on any atom is -0.478 e. The number of carbonyl (C=O) groups excluding carboxylic acids is 1. The fourth-order valence-corrected chi connectivity index (χ4v) is 3.61. The van der Waals surface area contributed by atoms with Gasteiger partial charge in [0.2, 0.25) is 5.91 Å². The number of hydrogen-bond donors (Lipinski definition) is 4. The van der Waals surface area contributed by atoms with E-state index in [9.17, 15) is 14.7 Å². The summed E-state index contributed by atoms with van der Waals surface area (Å²) in [4.78, 5) is 24.5. The summed E-state index contributed by atoms with van der Waals surface area (Å²) >= 11 is 0. The molecule has 0 fully saturated rings. The van der Waals surface area contributed by atoms with Gasteiger partial charge in [0, 0.05) is 11.1 Å². The van der Waals surface area contributed by atoms with Gasteiger partial charge in [0.15, 0.2) is 0 Å². The smallest absolute Gasteiger partial charge is 0.336 e. The maximum absolute atomic E-state index is 12.4. The summed E-state index contributed by atoms with van der Waals surface area (Å²) in [5.41, 5.74) is 14.1. The number of carboxylic acids is 1. The molecule has 0 saturated heterocycles. The molecule has 0 heterocycles. The molecule has 0 aliphatic heterocycles. The summed E-state index contributed by atoms with van der Waals surface area (Å²) < 4.78 is 0. The summed E-state index contributed by atoms with van der Waals surface area (Å²) in [6, 6.07) is 0. The highest BCUT2D eigenvalue weighted by Gasteiger charge is 2.29. The van der Waals surface area contributed by atoms with Gasteiger partial charge in [-0.3, -0.25) is 10.2 Å². The molecule has 0 bridgehead atoms. The molecule has 0 spiro atoms. The molecule has 1 aromatic rings. The van der Waals surface area contributed by atoms with E-state index in [0.29, 0.717) is 41.5 Å². The molecule has 0 radical (unpaired) electrons. The third-order valence-corrected chi connectivity index (χ3v) is 4.88. The Morgan fingerprint density at radius 1 is 0.778 bits per heavy atom. The van der Waals surface area contributed by atoms with Gasteiger partial charge in [-0.2, -0.15) is 0 Å². The number of primary amides is 1. The molecule has 0 saturated carbocycles. The third-order valence-electron chi connectivity index (χ3n) is 4.88. The Hall–Kier alpha value is -2.37. The summed E-state index contributed by atoms with van der Waals surface area (Å²) in [7, 11) is 0. The van der Waals surface area contributed by atoms with E-state index in [1.807, 2.05) is 20.8 Å². The Morgan fingerprint density at radius 3 is 1.44 bits per heavy atom. The van der Waals surface area contributed by atoms with Gasteiger partial charge in [-0.25, -0.2) is 4.79 Å². The number of rotatable bonds is 12. The van der Waals surface area contributed by atoms with E-state index < -0.39 is 11.9 Å². The van der Waals surface area contributed by atoms with Gasteiger partial charge < -0.3 is 16.6 Å². The van der Waals surface area contributed by atoms with Crippen LogP contribution in [-0.2, 0) is 19.3 Å². The van der Waals surface area contributed by atoms with E-state index in [1.165, 1.54) is 0 Å². The van der Waals surface area contributed by atoms with Crippen molar-refractivity contribution in [3.63, 3.8) is 0 Å². The first-order valence-electron chi connectivity index (χ1n) is 9.89. The monoisotopic (exact) mass is 375 g/mol. The van der Waals surface area contributed by atoms with Crippen molar-refractivity contribution < 1.29 is 14.7 Å². The van der Waals surface area contributed by atoms with Gasteiger partial charge >= 0.3 is 5.97 Å². The van der Waals surface area contributed by atoms with Crippen molar-refractivity contribution in [2.45, 2.75) is 78.6 Å². The number of nitrogen functional groups attached to an aromatic ring is 1. The molecular formula is C21H33N3O3. The second-order valence-electron chi connectivity index (χ2n) is 6.95. The molecule has 6 N–H and O–H groups in total. The first-order valence-corrected chi connectivity index (χ1v) is 9.89.